The third-order valence-corrected chi connectivity index (χ3v) is 5.30. The van der Waals surface area contributed by atoms with E-state index in [0.29, 0.717) is 19.4 Å². The highest BCUT2D eigenvalue weighted by molar-refractivity contribution is 5.76. The first-order valence-electron chi connectivity index (χ1n) is 10.2. The van der Waals surface area contributed by atoms with E-state index in [-0.39, 0.29) is 18.7 Å². The zero-order chi connectivity index (χ0) is 20.6. The quantitative estimate of drug-likeness (QED) is 0.663. The van der Waals surface area contributed by atoms with Gasteiger partial charge in [0, 0.05) is 13.0 Å². The minimum atomic E-state index is 0.0442. The van der Waals surface area contributed by atoms with Crippen molar-refractivity contribution < 1.29 is 19.0 Å². The zero-order valence-corrected chi connectivity index (χ0v) is 17.4. The number of hydrogen-bond acceptors (Lipinski definition) is 5. The maximum atomic E-state index is 12.5. The molecular weight excluding hydrogens is 368 g/mol. The van der Waals surface area contributed by atoms with E-state index in [0.717, 1.165) is 41.5 Å². The van der Waals surface area contributed by atoms with Crippen LogP contribution in [0.25, 0.3) is 0 Å². The van der Waals surface area contributed by atoms with Crippen LogP contribution in [-0.2, 0) is 11.2 Å². The van der Waals surface area contributed by atoms with Gasteiger partial charge in [0.25, 0.3) is 0 Å². The average molecular weight is 399 g/mol. The van der Waals surface area contributed by atoms with Crippen molar-refractivity contribution in [3.8, 4) is 17.2 Å². The molecule has 0 fully saturated rings. The van der Waals surface area contributed by atoms with Gasteiger partial charge < -0.3 is 19.5 Å². The first-order chi connectivity index (χ1) is 14.1. The summed E-state index contributed by atoms with van der Waals surface area (Å²) in [5.74, 6) is 2.39. The van der Waals surface area contributed by atoms with Gasteiger partial charge in [0.2, 0.25) is 12.7 Å². The van der Waals surface area contributed by atoms with E-state index in [1.807, 2.05) is 36.4 Å². The van der Waals surface area contributed by atoms with E-state index in [9.17, 15) is 4.79 Å². The van der Waals surface area contributed by atoms with Gasteiger partial charge in [-0.1, -0.05) is 32.0 Å². The van der Waals surface area contributed by atoms with Gasteiger partial charge in [-0.2, -0.15) is 0 Å². The van der Waals surface area contributed by atoms with Crippen molar-refractivity contribution >= 4 is 5.91 Å². The summed E-state index contributed by atoms with van der Waals surface area (Å²) in [7, 11) is 1.67. The maximum Gasteiger partial charge on any atom is 0.231 e. The van der Waals surface area contributed by atoms with E-state index in [1.165, 1.54) is 0 Å². The number of fused-ring (bicyclic) bond motifs is 1. The Labute approximate surface area is 172 Å². The monoisotopic (exact) mass is 398 g/mol. The van der Waals surface area contributed by atoms with Gasteiger partial charge in [0.1, 0.15) is 5.75 Å². The number of benzene rings is 2. The lowest BCUT2D eigenvalue weighted by molar-refractivity contribution is -0.121. The Morgan fingerprint density at radius 2 is 1.93 bits per heavy atom. The van der Waals surface area contributed by atoms with Crippen molar-refractivity contribution in [1.29, 1.82) is 0 Å². The molecule has 6 heteroatoms. The number of likely N-dealkylation sites (N-methyl/N-ethyl adjacent to an activating group) is 1. The number of ether oxygens (including phenoxy) is 3. The molecule has 1 atom stereocenters. The molecule has 0 bridgehead atoms. The molecule has 1 aliphatic heterocycles. The lowest BCUT2D eigenvalue weighted by atomic mass is 10.0. The summed E-state index contributed by atoms with van der Waals surface area (Å²) >= 11 is 0. The summed E-state index contributed by atoms with van der Waals surface area (Å²) in [5, 5.41) is 3.11. The predicted molar refractivity (Wildman–Crippen MR) is 113 cm³/mol. The molecule has 0 radical (unpaired) electrons. The first-order valence-corrected chi connectivity index (χ1v) is 10.2. The van der Waals surface area contributed by atoms with E-state index in [2.05, 4.69) is 30.1 Å². The minimum absolute atomic E-state index is 0.0442. The zero-order valence-electron chi connectivity index (χ0n) is 17.4. The second-order valence-electron chi connectivity index (χ2n) is 7.01. The first kappa shape index (κ1) is 21.0. The fourth-order valence-corrected chi connectivity index (χ4v) is 3.62. The number of hydrogen-bond donors (Lipinski definition) is 1. The number of rotatable bonds is 10. The van der Waals surface area contributed by atoms with E-state index < -0.39 is 0 Å². The highest BCUT2D eigenvalue weighted by Crippen LogP contribution is 2.32. The van der Waals surface area contributed by atoms with Crippen LogP contribution in [0.2, 0.25) is 0 Å². The van der Waals surface area contributed by atoms with E-state index in [1.54, 1.807) is 7.11 Å². The van der Waals surface area contributed by atoms with Gasteiger partial charge >= 0.3 is 0 Å². The number of methoxy groups -OCH3 is 1. The molecule has 156 valence electrons. The van der Waals surface area contributed by atoms with Gasteiger partial charge in [0.15, 0.2) is 11.5 Å². The molecule has 0 saturated carbocycles. The van der Waals surface area contributed by atoms with Gasteiger partial charge in [-0.25, -0.2) is 0 Å². The Morgan fingerprint density at radius 3 is 2.69 bits per heavy atom. The van der Waals surface area contributed by atoms with Crippen LogP contribution in [0.4, 0.5) is 0 Å². The molecule has 1 heterocycles. The van der Waals surface area contributed by atoms with Crippen LogP contribution in [0.3, 0.4) is 0 Å². The molecule has 1 amide bonds. The second-order valence-corrected chi connectivity index (χ2v) is 7.01. The van der Waals surface area contributed by atoms with Crippen LogP contribution in [0.1, 0.15) is 37.4 Å². The van der Waals surface area contributed by atoms with Crippen molar-refractivity contribution in [2.45, 2.75) is 32.7 Å². The normalized spacial score (nSPS) is 13.4. The predicted octanol–water partition coefficient (Wildman–Crippen LogP) is 3.56. The Bertz CT molecular complexity index is 820. The maximum absolute atomic E-state index is 12.5. The fraction of sp³-hybridized carbons (Fsp3) is 0.435. The van der Waals surface area contributed by atoms with Crippen LogP contribution in [0, 0.1) is 0 Å². The SMILES string of the molecule is CCN(CC)C(CNC(=O)CCc1ccc2c(c1)OCO2)c1cccc(OC)c1. The van der Waals surface area contributed by atoms with Gasteiger partial charge in [0.05, 0.1) is 13.2 Å². The van der Waals surface area contributed by atoms with Crippen molar-refractivity contribution in [2.24, 2.45) is 0 Å². The molecule has 0 saturated heterocycles. The molecular formula is C23H30N2O4. The topological polar surface area (TPSA) is 60.0 Å². The van der Waals surface area contributed by atoms with Crippen molar-refractivity contribution in [3.63, 3.8) is 0 Å². The Kier molecular flexibility index (Phi) is 7.36. The molecule has 0 aliphatic carbocycles. The van der Waals surface area contributed by atoms with Crippen molar-refractivity contribution in [1.82, 2.24) is 10.2 Å². The summed E-state index contributed by atoms with van der Waals surface area (Å²) in [4.78, 5) is 14.8. The van der Waals surface area contributed by atoms with Gasteiger partial charge in [-0.05, 0) is 54.9 Å². The summed E-state index contributed by atoms with van der Waals surface area (Å²) in [6.07, 6.45) is 1.10. The number of nitrogens with one attached hydrogen (secondary N) is 1. The van der Waals surface area contributed by atoms with Crippen LogP contribution >= 0.6 is 0 Å². The smallest absolute Gasteiger partial charge is 0.231 e. The summed E-state index contributed by atoms with van der Waals surface area (Å²) < 4.78 is 16.1. The van der Waals surface area contributed by atoms with E-state index >= 15 is 0 Å². The van der Waals surface area contributed by atoms with Crippen molar-refractivity contribution in [3.05, 3.63) is 53.6 Å². The Balaban J connectivity index is 1.58. The molecule has 1 aliphatic rings. The highest BCUT2D eigenvalue weighted by atomic mass is 16.7. The molecule has 2 aromatic rings. The summed E-state index contributed by atoms with van der Waals surface area (Å²) in [6, 6.07) is 14.0. The Morgan fingerprint density at radius 1 is 1.14 bits per heavy atom. The van der Waals surface area contributed by atoms with Crippen molar-refractivity contribution in [2.75, 3.05) is 33.5 Å². The lowest BCUT2D eigenvalue weighted by Crippen LogP contribution is -2.38. The summed E-state index contributed by atoms with van der Waals surface area (Å²) in [5.41, 5.74) is 2.21. The number of amides is 1. The third-order valence-electron chi connectivity index (χ3n) is 5.30. The van der Waals surface area contributed by atoms with Crippen LogP contribution in [-0.4, -0.2) is 44.3 Å². The average Bonchev–Trinajstić information content (AvgIpc) is 3.23. The lowest BCUT2D eigenvalue weighted by Gasteiger charge is -2.30. The van der Waals surface area contributed by atoms with Crippen LogP contribution < -0.4 is 19.5 Å². The molecule has 0 spiro atoms. The number of nitrogens with zero attached hydrogens (tertiary/aromatic N) is 1. The molecule has 3 rings (SSSR count). The molecule has 1 unspecified atom stereocenters. The van der Waals surface area contributed by atoms with Crippen LogP contribution in [0.15, 0.2) is 42.5 Å². The Hall–Kier alpha value is -2.73. The number of carbonyl (C=O) groups excluding carboxylic acids is 1. The fourth-order valence-electron chi connectivity index (χ4n) is 3.62. The van der Waals surface area contributed by atoms with Gasteiger partial charge in [-0.15, -0.1) is 0 Å². The highest BCUT2D eigenvalue weighted by Gasteiger charge is 2.20. The minimum Gasteiger partial charge on any atom is -0.497 e. The largest absolute Gasteiger partial charge is 0.497 e. The van der Waals surface area contributed by atoms with Gasteiger partial charge in [-0.3, -0.25) is 9.69 Å². The molecule has 1 N–H and O–H groups in total. The number of carbonyl (C=O) groups is 1. The standard InChI is InChI=1S/C23H30N2O4/c1-4-25(5-2)20(18-7-6-8-19(14-18)27-3)15-24-23(26)12-10-17-9-11-21-22(13-17)29-16-28-21/h6-9,11,13-14,20H,4-5,10,12,15-16H2,1-3H3,(H,24,26). The molecule has 0 aromatic heterocycles. The third kappa shape index (κ3) is 5.41. The molecule has 2 aromatic carbocycles. The van der Waals surface area contributed by atoms with Crippen LogP contribution in [0.5, 0.6) is 17.2 Å². The second kappa shape index (κ2) is 10.2. The number of aryl methyl sites for hydroxylation is 1. The molecule has 6 nitrogen and oxygen atoms in total. The molecule has 29 heavy (non-hydrogen) atoms. The summed E-state index contributed by atoms with van der Waals surface area (Å²) in [6.45, 7) is 6.91. The van der Waals surface area contributed by atoms with E-state index in [4.69, 9.17) is 14.2 Å².